The fraction of sp³-hybridized carbons (Fsp3) is 0.176. The Morgan fingerprint density at radius 1 is 1.23 bits per heavy atom. The summed E-state index contributed by atoms with van der Waals surface area (Å²) in [7, 11) is 0. The predicted molar refractivity (Wildman–Crippen MR) is 85.6 cm³/mol. The number of aliphatic carboxylic acids is 1. The highest BCUT2D eigenvalue weighted by Crippen LogP contribution is 2.28. The van der Waals surface area contributed by atoms with Crippen molar-refractivity contribution in [3.05, 3.63) is 69.7 Å². The Morgan fingerprint density at radius 2 is 1.95 bits per heavy atom. The number of hydrogen-bond acceptors (Lipinski definition) is 2. The van der Waals surface area contributed by atoms with E-state index in [0.29, 0.717) is 18.5 Å². The maximum absolute atomic E-state index is 12.5. The van der Waals surface area contributed by atoms with Crippen LogP contribution in [0, 0.1) is 0 Å². The molecule has 1 atom stereocenters. The van der Waals surface area contributed by atoms with E-state index >= 15 is 0 Å². The Labute approximate surface area is 136 Å². The van der Waals surface area contributed by atoms with E-state index in [1.54, 1.807) is 12.1 Å². The summed E-state index contributed by atoms with van der Waals surface area (Å²) in [5.41, 5.74) is 2.35. The normalized spacial score (nSPS) is 14.8. The third-order valence-electron chi connectivity index (χ3n) is 3.83. The molecule has 1 aliphatic rings. The number of halogens is 1. The number of benzene rings is 2. The first-order valence-corrected chi connectivity index (χ1v) is 7.71. The van der Waals surface area contributed by atoms with Crippen LogP contribution in [0.2, 0.25) is 0 Å². The minimum Gasteiger partial charge on any atom is -0.480 e. The van der Waals surface area contributed by atoms with Crippen LogP contribution in [-0.4, -0.2) is 27.9 Å². The Balaban J connectivity index is 1.88. The van der Waals surface area contributed by atoms with Crippen LogP contribution in [0.15, 0.2) is 53.0 Å². The fourth-order valence-corrected chi connectivity index (χ4v) is 3.14. The standard InChI is InChI=1S/C17H14BrNO3/c18-13-6-7-14-12(9-13)10-19(16(14)20)15(17(21)22)8-11-4-2-1-3-5-11/h1-7,9,15H,8,10H2,(H,21,22). The average Bonchev–Trinajstić information content (AvgIpc) is 2.81. The number of rotatable bonds is 4. The van der Waals surface area contributed by atoms with Gasteiger partial charge in [0.05, 0.1) is 0 Å². The lowest BCUT2D eigenvalue weighted by Crippen LogP contribution is -2.42. The van der Waals surface area contributed by atoms with E-state index in [0.717, 1.165) is 15.6 Å². The van der Waals surface area contributed by atoms with E-state index in [-0.39, 0.29) is 5.91 Å². The first kappa shape index (κ1) is 14.8. The molecule has 5 heteroatoms. The van der Waals surface area contributed by atoms with E-state index < -0.39 is 12.0 Å². The minimum atomic E-state index is -0.982. The van der Waals surface area contributed by atoms with Crippen LogP contribution in [0.25, 0.3) is 0 Å². The van der Waals surface area contributed by atoms with Crippen LogP contribution in [0.4, 0.5) is 0 Å². The molecule has 0 fully saturated rings. The van der Waals surface area contributed by atoms with Crippen molar-refractivity contribution in [2.24, 2.45) is 0 Å². The number of carboxylic acids is 1. The van der Waals surface area contributed by atoms with Crippen molar-refractivity contribution in [1.82, 2.24) is 4.90 Å². The molecule has 1 N–H and O–H groups in total. The van der Waals surface area contributed by atoms with Crippen molar-refractivity contribution in [3.8, 4) is 0 Å². The van der Waals surface area contributed by atoms with Crippen molar-refractivity contribution in [3.63, 3.8) is 0 Å². The molecule has 3 rings (SSSR count). The Bertz CT molecular complexity index is 730. The maximum atomic E-state index is 12.5. The molecule has 0 bridgehead atoms. The summed E-state index contributed by atoms with van der Waals surface area (Å²) in [6.45, 7) is 0.331. The lowest BCUT2D eigenvalue weighted by molar-refractivity contribution is -0.142. The van der Waals surface area contributed by atoms with Crippen molar-refractivity contribution in [1.29, 1.82) is 0 Å². The van der Waals surface area contributed by atoms with Gasteiger partial charge in [-0.25, -0.2) is 4.79 Å². The van der Waals surface area contributed by atoms with Gasteiger partial charge in [0.15, 0.2) is 0 Å². The van der Waals surface area contributed by atoms with Gasteiger partial charge in [0.2, 0.25) is 0 Å². The van der Waals surface area contributed by atoms with Crippen molar-refractivity contribution in [2.75, 3.05) is 0 Å². The van der Waals surface area contributed by atoms with Crippen molar-refractivity contribution in [2.45, 2.75) is 19.0 Å². The third-order valence-corrected chi connectivity index (χ3v) is 4.33. The number of carboxylic acid groups (broad SMARTS) is 1. The van der Waals surface area contributed by atoms with Gasteiger partial charge < -0.3 is 10.0 Å². The number of carbonyl (C=O) groups is 2. The summed E-state index contributed by atoms with van der Waals surface area (Å²) in [5, 5.41) is 9.54. The van der Waals surface area contributed by atoms with Crippen LogP contribution in [0.5, 0.6) is 0 Å². The number of fused-ring (bicyclic) bond motifs is 1. The van der Waals surface area contributed by atoms with E-state index in [1.807, 2.05) is 36.4 Å². The lowest BCUT2D eigenvalue weighted by atomic mass is 10.0. The molecule has 2 aromatic rings. The second-order valence-corrected chi connectivity index (χ2v) is 6.19. The summed E-state index contributed by atoms with van der Waals surface area (Å²) < 4.78 is 0.885. The van der Waals surface area contributed by atoms with Crippen LogP contribution < -0.4 is 0 Å². The monoisotopic (exact) mass is 359 g/mol. The first-order valence-electron chi connectivity index (χ1n) is 6.92. The molecule has 4 nitrogen and oxygen atoms in total. The zero-order valence-corrected chi connectivity index (χ0v) is 13.3. The summed E-state index contributed by atoms with van der Waals surface area (Å²) in [4.78, 5) is 25.6. The summed E-state index contributed by atoms with van der Waals surface area (Å²) in [5.74, 6) is -1.20. The zero-order valence-electron chi connectivity index (χ0n) is 11.7. The van der Waals surface area contributed by atoms with E-state index in [2.05, 4.69) is 15.9 Å². The molecular weight excluding hydrogens is 346 g/mol. The average molecular weight is 360 g/mol. The van der Waals surface area contributed by atoms with Crippen LogP contribution in [-0.2, 0) is 17.8 Å². The Kier molecular flexibility index (Phi) is 3.98. The van der Waals surface area contributed by atoms with Gasteiger partial charge in [-0.3, -0.25) is 4.79 Å². The highest BCUT2D eigenvalue weighted by Gasteiger charge is 2.36. The molecule has 0 saturated carbocycles. The number of amides is 1. The van der Waals surface area contributed by atoms with Gasteiger partial charge in [0.25, 0.3) is 5.91 Å². The molecule has 1 amide bonds. The molecule has 0 spiro atoms. The molecule has 0 radical (unpaired) electrons. The molecule has 2 aromatic carbocycles. The molecule has 0 saturated heterocycles. The van der Waals surface area contributed by atoms with E-state index in [1.165, 1.54) is 4.90 Å². The predicted octanol–water partition coefficient (Wildman–Crippen LogP) is 3.10. The zero-order chi connectivity index (χ0) is 15.7. The van der Waals surface area contributed by atoms with Gasteiger partial charge in [-0.15, -0.1) is 0 Å². The van der Waals surface area contributed by atoms with Gasteiger partial charge in [-0.05, 0) is 29.3 Å². The quantitative estimate of drug-likeness (QED) is 0.912. The highest BCUT2D eigenvalue weighted by molar-refractivity contribution is 9.10. The summed E-state index contributed by atoms with van der Waals surface area (Å²) >= 11 is 3.38. The second kappa shape index (κ2) is 5.93. The number of hydrogen-bond donors (Lipinski definition) is 1. The van der Waals surface area contributed by atoms with Crippen molar-refractivity contribution >= 4 is 27.8 Å². The van der Waals surface area contributed by atoms with Crippen LogP contribution >= 0.6 is 15.9 Å². The topological polar surface area (TPSA) is 57.6 Å². The molecule has 1 unspecified atom stereocenters. The number of nitrogens with zero attached hydrogens (tertiary/aromatic N) is 1. The molecule has 0 aromatic heterocycles. The van der Waals surface area contributed by atoms with Crippen LogP contribution in [0.3, 0.4) is 0 Å². The summed E-state index contributed by atoms with van der Waals surface area (Å²) in [6, 6.07) is 13.9. The molecule has 22 heavy (non-hydrogen) atoms. The molecular formula is C17H14BrNO3. The van der Waals surface area contributed by atoms with Gasteiger partial charge >= 0.3 is 5.97 Å². The molecule has 1 aliphatic heterocycles. The summed E-state index contributed by atoms with van der Waals surface area (Å²) in [6.07, 6.45) is 0.303. The molecule has 0 aliphatic carbocycles. The van der Waals surface area contributed by atoms with Gasteiger partial charge in [0.1, 0.15) is 6.04 Å². The fourth-order valence-electron chi connectivity index (χ4n) is 2.73. The third kappa shape index (κ3) is 2.76. The minimum absolute atomic E-state index is 0.217. The van der Waals surface area contributed by atoms with Crippen molar-refractivity contribution < 1.29 is 14.7 Å². The van der Waals surface area contributed by atoms with Crippen LogP contribution in [0.1, 0.15) is 21.5 Å². The second-order valence-electron chi connectivity index (χ2n) is 5.28. The highest BCUT2D eigenvalue weighted by atomic mass is 79.9. The smallest absolute Gasteiger partial charge is 0.326 e. The van der Waals surface area contributed by atoms with E-state index in [9.17, 15) is 14.7 Å². The molecule has 1 heterocycles. The van der Waals surface area contributed by atoms with Gasteiger partial charge in [0, 0.05) is 23.0 Å². The van der Waals surface area contributed by atoms with E-state index in [4.69, 9.17) is 0 Å². The lowest BCUT2D eigenvalue weighted by Gasteiger charge is -2.24. The molecule has 112 valence electrons. The largest absolute Gasteiger partial charge is 0.480 e. The van der Waals surface area contributed by atoms with Gasteiger partial charge in [-0.2, -0.15) is 0 Å². The first-order chi connectivity index (χ1) is 10.6. The Morgan fingerprint density at radius 3 is 2.64 bits per heavy atom. The van der Waals surface area contributed by atoms with Gasteiger partial charge in [-0.1, -0.05) is 46.3 Å². The maximum Gasteiger partial charge on any atom is 0.326 e. The Hall–Kier alpha value is -2.14. The number of carbonyl (C=O) groups excluding carboxylic acids is 1. The SMILES string of the molecule is O=C(O)C(Cc1ccccc1)N1Cc2cc(Br)ccc2C1=O.